The lowest BCUT2D eigenvalue weighted by atomic mass is 10.1. The van der Waals surface area contributed by atoms with Crippen molar-refractivity contribution in [3.63, 3.8) is 0 Å². The van der Waals surface area contributed by atoms with Gasteiger partial charge < -0.3 is 10.3 Å². The Morgan fingerprint density at radius 3 is 2.59 bits per heavy atom. The van der Waals surface area contributed by atoms with Crippen molar-refractivity contribution >= 4 is 17.5 Å². The molecule has 0 saturated heterocycles. The molecule has 6 nitrogen and oxygen atoms in total. The van der Waals surface area contributed by atoms with Crippen LogP contribution in [0.2, 0.25) is 5.02 Å². The fourth-order valence-corrected chi connectivity index (χ4v) is 2.91. The second-order valence-electron chi connectivity index (χ2n) is 6.86. The van der Waals surface area contributed by atoms with E-state index >= 15 is 0 Å². The van der Waals surface area contributed by atoms with Gasteiger partial charge in [0.15, 0.2) is 0 Å². The molecule has 2 aromatic carbocycles. The number of aromatic amines is 1. The highest BCUT2D eigenvalue weighted by atomic mass is 35.5. The van der Waals surface area contributed by atoms with Gasteiger partial charge in [0.2, 0.25) is 5.91 Å². The highest BCUT2D eigenvalue weighted by Crippen LogP contribution is 2.27. The van der Waals surface area contributed by atoms with Gasteiger partial charge in [-0.2, -0.15) is 5.26 Å². The molecule has 0 spiro atoms. The van der Waals surface area contributed by atoms with Crippen LogP contribution < -0.4 is 10.9 Å². The molecule has 0 atom stereocenters. The Labute approximate surface area is 173 Å². The summed E-state index contributed by atoms with van der Waals surface area (Å²) >= 11 is 6.35. The quantitative estimate of drug-likeness (QED) is 0.671. The maximum atomic E-state index is 12.2. The molecule has 0 aliphatic rings. The van der Waals surface area contributed by atoms with Gasteiger partial charge >= 0.3 is 0 Å². The molecule has 1 heterocycles. The van der Waals surface area contributed by atoms with E-state index < -0.39 is 0 Å². The molecular formula is C22H19ClN4O2. The van der Waals surface area contributed by atoms with Crippen molar-refractivity contribution in [1.82, 2.24) is 15.3 Å². The average molecular weight is 407 g/mol. The largest absolute Gasteiger partial charge is 0.352 e. The molecule has 3 aromatic rings. The molecule has 1 amide bonds. The number of hydrogen-bond donors (Lipinski definition) is 2. The van der Waals surface area contributed by atoms with Crippen LogP contribution in [0, 0.1) is 17.2 Å². The lowest BCUT2D eigenvalue weighted by Gasteiger charge is -2.11. The number of nitrogens with zero attached hydrogens (tertiary/aromatic N) is 2. The minimum Gasteiger partial charge on any atom is -0.352 e. The van der Waals surface area contributed by atoms with Crippen molar-refractivity contribution in [2.24, 2.45) is 5.92 Å². The standard InChI is InChI=1S/C22H19ClN4O2/c1-13(2)22(29)25-12-15-5-8-18(23)17(9-15)21-26-19(10-20(28)27-21)16-6-3-14(11-24)4-7-16/h3-10,13H,12H2,1-2H3,(H,25,29)(H,26,27,28). The number of hydrogen-bond acceptors (Lipinski definition) is 4. The molecule has 0 unspecified atom stereocenters. The Bertz CT molecular complexity index is 1140. The molecule has 0 aliphatic heterocycles. The van der Waals surface area contributed by atoms with Gasteiger partial charge in [0.05, 0.1) is 22.3 Å². The molecule has 3 rings (SSSR count). The van der Waals surface area contributed by atoms with Gasteiger partial charge in [-0.3, -0.25) is 9.59 Å². The topological polar surface area (TPSA) is 98.6 Å². The van der Waals surface area contributed by atoms with Crippen LogP contribution >= 0.6 is 11.6 Å². The lowest BCUT2D eigenvalue weighted by Crippen LogP contribution is -2.27. The number of nitrogens with one attached hydrogen (secondary N) is 2. The summed E-state index contributed by atoms with van der Waals surface area (Å²) in [7, 11) is 0. The van der Waals surface area contributed by atoms with Crippen molar-refractivity contribution in [3.8, 4) is 28.7 Å². The number of H-pyrrole nitrogens is 1. The summed E-state index contributed by atoms with van der Waals surface area (Å²) in [4.78, 5) is 31.3. The highest BCUT2D eigenvalue weighted by molar-refractivity contribution is 6.33. The van der Waals surface area contributed by atoms with E-state index in [1.807, 2.05) is 19.9 Å². The lowest BCUT2D eigenvalue weighted by molar-refractivity contribution is -0.124. The molecule has 0 saturated carbocycles. The summed E-state index contributed by atoms with van der Waals surface area (Å²) in [6, 6.07) is 15.6. The summed E-state index contributed by atoms with van der Waals surface area (Å²) in [5, 5.41) is 12.2. The van der Waals surface area contributed by atoms with Gasteiger partial charge in [-0.1, -0.05) is 43.6 Å². The van der Waals surface area contributed by atoms with E-state index in [0.717, 1.165) is 5.56 Å². The van der Waals surface area contributed by atoms with E-state index in [1.54, 1.807) is 36.4 Å². The molecule has 146 valence electrons. The summed E-state index contributed by atoms with van der Waals surface area (Å²) < 4.78 is 0. The Hall–Kier alpha value is -3.43. The van der Waals surface area contributed by atoms with Crippen LogP contribution in [0.4, 0.5) is 0 Å². The van der Waals surface area contributed by atoms with E-state index in [2.05, 4.69) is 21.4 Å². The zero-order chi connectivity index (χ0) is 21.0. The Kier molecular flexibility index (Phi) is 6.10. The fraction of sp³-hybridized carbons (Fsp3) is 0.182. The third-order valence-corrected chi connectivity index (χ3v) is 4.66. The molecular weight excluding hydrogens is 388 g/mol. The molecule has 0 aliphatic carbocycles. The normalized spacial score (nSPS) is 10.6. The van der Waals surface area contributed by atoms with Crippen molar-refractivity contribution in [3.05, 3.63) is 75.0 Å². The number of nitriles is 1. The van der Waals surface area contributed by atoms with Crippen LogP contribution in [0.5, 0.6) is 0 Å². The molecule has 0 fully saturated rings. The molecule has 0 radical (unpaired) electrons. The minimum absolute atomic E-state index is 0.0455. The van der Waals surface area contributed by atoms with Crippen molar-refractivity contribution in [1.29, 1.82) is 5.26 Å². The number of aromatic nitrogens is 2. The first-order valence-corrected chi connectivity index (χ1v) is 9.43. The van der Waals surface area contributed by atoms with E-state index in [1.165, 1.54) is 6.07 Å². The van der Waals surface area contributed by atoms with E-state index in [0.29, 0.717) is 39.8 Å². The predicted octanol–water partition coefficient (Wildman–Crippen LogP) is 3.90. The smallest absolute Gasteiger partial charge is 0.251 e. The van der Waals surface area contributed by atoms with Gasteiger partial charge in [-0.25, -0.2) is 4.98 Å². The van der Waals surface area contributed by atoms with Gasteiger partial charge in [-0.05, 0) is 29.8 Å². The maximum Gasteiger partial charge on any atom is 0.251 e. The number of rotatable bonds is 5. The van der Waals surface area contributed by atoms with Gasteiger partial charge in [0.1, 0.15) is 5.82 Å². The Morgan fingerprint density at radius 1 is 1.21 bits per heavy atom. The van der Waals surface area contributed by atoms with E-state index in [-0.39, 0.29) is 17.4 Å². The van der Waals surface area contributed by atoms with Crippen molar-refractivity contribution in [2.45, 2.75) is 20.4 Å². The van der Waals surface area contributed by atoms with E-state index in [4.69, 9.17) is 16.9 Å². The van der Waals surface area contributed by atoms with Gasteiger partial charge in [0, 0.05) is 29.7 Å². The first-order chi connectivity index (χ1) is 13.9. The Balaban J connectivity index is 1.96. The molecule has 0 bridgehead atoms. The maximum absolute atomic E-state index is 12.2. The van der Waals surface area contributed by atoms with E-state index in [9.17, 15) is 9.59 Å². The number of carbonyl (C=O) groups is 1. The number of amides is 1. The summed E-state index contributed by atoms with van der Waals surface area (Å²) in [5.74, 6) is 0.179. The molecule has 2 N–H and O–H groups in total. The van der Waals surface area contributed by atoms with Gasteiger partial charge in [-0.15, -0.1) is 0 Å². The summed E-state index contributed by atoms with van der Waals surface area (Å²) in [5.41, 5.74) is 2.80. The SMILES string of the molecule is CC(C)C(=O)NCc1ccc(Cl)c(-c2nc(-c3ccc(C#N)cc3)cc(=O)[nH]2)c1. The number of carbonyl (C=O) groups excluding carboxylic acids is 1. The van der Waals surface area contributed by atoms with Crippen LogP contribution in [0.1, 0.15) is 25.0 Å². The van der Waals surface area contributed by atoms with Crippen LogP contribution in [0.3, 0.4) is 0 Å². The van der Waals surface area contributed by atoms with Crippen LogP contribution in [0.15, 0.2) is 53.3 Å². The number of benzene rings is 2. The zero-order valence-electron chi connectivity index (χ0n) is 16.0. The second-order valence-corrected chi connectivity index (χ2v) is 7.26. The Morgan fingerprint density at radius 2 is 1.93 bits per heavy atom. The molecule has 7 heteroatoms. The predicted molar refractivity (Wildman–Crippen MR) is 112 cm³/mol. The van der Waals surface area contributed by atoms with Crippen LogP contribution in [-0.4, -0.2) is 15.9 Å². The molecule has 1 aromatic heterocycles. The monoisotopic (exact) mass is 406 g/mol. The van der Waals surface area contributed by atoms with Crippen molar-refractivity contribution in [2.75, 3.05) is 0 Å². The average Bonchev–Trinajstić information content (AvgIpc) is 2.72. The van der Waals surface area contributed by atoms with Crippen LogP contribution in [0.25, 0.3) is 22.6 Å². The minimum atomic E-state index is -0.316. The van der Waals surface area contributed by atoms with Crippen molar-refractivity contribution < 1.29 is 4.79 Å². The summed E-state index contributed by atoms with van der Waals surface area (Å²) in [6.07, 6.45) is 0. The zero-order valence-corrected chi connectivity index (χ0v) is 16.7. The second kappa shape index (κ2) is 8.72. The third-order valence-electron chi connectivity index (χ3n) is 4.33. The number of halogens is 1. The fourth-order valence-electron chi connectivity index (χ4n) is 2.71. The molecule has 29 heavy (non-hydrogen) atoms. The van der Waals surface area contributed by atoms with Crippen LogP contribution in [-0.2, 0) is 11.3 Å². The first-order valence-electron chi connectivity index (χ1n) is 9.06. The highest BCUT2D eigenvalue weighted by Gasteiger charge is 2.12. The third kappa shape index (κ3) is 4.89. The summed E-state index contributed by atoms with van der Waals surface area (Å²) in [6.45, 7) is 4.00. The van der Waals surface area contributed by atoms with Gasteiger partial charge in [0.25, 0.3) is 5.56 Å². The first kappa shape index (κ1) is 20.3.